The van der Waals surface area contributed by atoms with Crippen LogP contribution in [0.3, 0.4) is 0 Å². The van der Waals surface area contributed by atoms with E-state index in [9.17, 15) is 0 Å². The summed E-state index contributed by atoms with van der Waals surface area (Å²) < 4.78 is 0.914. The van der Waals surface area contributed by atoms with E-state index in [1.807, 2.05) is 12.3 Å². The summed E-state index contributed by atoms with van der Waals surface area (Å²) in [5.74, 6) is 0. The second-order valence-electron chi connectivity index (χ2n) is 3.14. The van der Waals surface area contributed by atoms with Crippen molar-refractivity contribution in [1.29, 1.82) is 0 Å². The largest absolute Gasteiger partial charge is 0.310 e. The summed E-state index contributed by atoms with van der Waals surface area (Å²) >= 11 is 3.35. The van der Waals surface area contributed by atoms with Crippen molar-refractivity contribution in [3.8, 4) is 0 Å². The zero-order chi connectivity index (χ0) is 8.39. The van der Waals surface area contributed by atoms with Crippen molar-refractivity contribution in [3.05, 3.63) is 28.5 Å². The lowest BCUT2D eigenvalue weighted by Crippen LogP contribution is -2.15. The number of halogens is 1. The molecule has 64 valence electrons. The molecule has 1 N–H and O–H groups in total. The van der Waals surface area contributed by atoms with Gasteiger partial charge in [0.1, 0.15) is 4.60 Å². The van der Waals surface area contributed by atoms with Crippen LogP contribution in [0.25, 0.3) is 0 Å². The van der Waals surface area contributed by atoms with Crippen molar-refractivity contribution >= 4 is 15.9 Å². The van der Waals surface area contributed by atoms with Crippen LogP contribution >= 0.6 is 15.9 Å². The van der Waals surface area contributed by atoms with Crippen LogP contribution in [0, 0.1) is 0 Å². The average Bonchev–Trinajstić information content (AvgIpc) is 2.84. The van der Waals surface area contributed by atoms with Gasteiger partial charge in [-0.15, -0.1) is 0 Å². The summed E-state index contributed by atoms with van der Waals surface area (Å²) in [6.07, 6.45) is 4.51. The normalized spacial score (nSPS) is 16.4. The molecule has 2 nitrogen and oxygen atoms in total. The fraction of sp³-hybridized carbons (Fsp3) is 0.444. The molecule has 0 amide bonds. The van der Waals surface area contributed by atoms with Crippen LogP contribution in [0.5, 0.6) is 0 Å². The van der Waals surface area contributed by atoms with Gasteiger partial charge in [-0.1, -0.05) is 0 Å². The zero-order valence-corrected chi connectivity index (χ0v) is 8.34. The highest BCUT2D eigenvalue weighted by Crippen LogP contribution is 2.19. The van der Waals surface area contributed by atoms with Gasteiger partial charge in [-0.05, 0) is 46.5 Å². The van der Waals surface area contributed by atoms with E-state index >= 15 is 0 Å². The SMILES string of the molecule is Brc1cc(CNC2CC2)ccn1. The van der Waals surface area contributed by atoms with Crippen LogP contribution in [0.15, 0.2) is 22.9 Å². The van der Waals surface area contributed by atoms with Crippen molar-refractivity contribution in [3.63, 3.8) is 0 Å². The Hall–Kier alpha value is -0.410. The molecule has 1 aromatic heterocycles. The van der Waals surface area contributed by atoms with Crippen molar-refractivity contribution in [1.82, 2.24) is 10.3 Å². The van der Waals surface area contributed by atoms with Crippen LogP contribution in [-0.4, -0.2) is 11.0 Å². The van der Waals surface area contributed by atoms with Crippen molar-refractivity contribution in [2.45, 2.75) is 25.4 Å². The number of nitrogens with zero attached hydrogens (tertiary/aromatic N) is 1. The van der Waals surface area contributed by atoms with Gasteiger partial charge in [-0.2, -0.15) is 0 Å². The number of rotatable bonds is 3. The molecule has 3 heteroatoms. The van der Waals surface area contributed by atoms with E-state index in [0.717, 1.165) is 17.2 Å². The molecule has 0 spiro atoms. The Bertz CT molecular complexity index is 271. The second-order valence-corrected chi connectivity index (χ2v) is 3.95. The number of pyridine rings is 1. The smallest absolute Gasteiger partial charge is 0.106 e. The van der Waals surface area contributed by atoms with Gasteiger partial charge in [-0.25, -0.2) is 4.98 Å². The van der Waals surface area contributed by atoms with Crippen LogP contribution in [0.1, 0.15) is 18.4 Å². The van der Waals surface area contributed by atoms with Gasteiger partial charge in [0.05, 0.1) is 0 Å². The first-order valence-electron chi connectivity index (χ1n) is 4.18. The minimum absolute atomic E-state index is 0.775. The van der Waals surface area contributed by atoms with Gasteiger partial charge in [0, 0.05) is 18.8 Å². The monoisotopic (exact) mass is 226 g/mol. The molecule has 1 heterocycles. The topological polar surface area (TPSA) is 24.9 Å². The maximum absolute atomic E-state index is 4.07. The lowest BCUT2D eigenvalue weighted by Gasteiger charge is -2.02. The second kappa shape index (κ2) is 3.54. The highest BCUT2D eigenvalue weighted by Gasteiger charge is 2.19. The molecule has 0 aromatic carbocycles. The maximum atomic E-state index is 4.07. The number of hydrogen-bond donors (Lipinski definition) is 1. The minimum Gasteiger partial charge on any atom is -0.310 e. The summed E-state index contributed by atoms with van der Waals surface area (Å²) in [7, 11) is 0. The van der Waals surface area contributed by atoms with Gasteiger partial charge in [0.25, 0.3) is 0 Å². The van der Waals surface area contributed by atoms with E-state index in [-0.39, 0.29) is 0 Å². The Morgan fingerprint density at radius 2 is 2.42 bits per heavy atom. The summed E-state index contributed by atoms with van der Waals surface area (Å²) in [5.41, 5.74) is 1.30. The Kier molecular flexibility index (Phi) is 2.42. The Labute approximate surface area is 80.5 Å². The predicted octanol–water partition coefficient (Wildman–Crippen LogP) is 2.10. The molecule has 2 rings (SSSR count). The van der Waals surface area contributed by atoms with E-state index < -0.39 is 0 Å². The van der Waals surface area contributed by atoms with Crippen LogP contribution < -0.4 is 5.32 Å². The van der Waals surface area contributed by atoms with E-state index in [0.29, 0.717) is 0 Å². The summed E-state index contributed by atoms with van der Waals surface area (Å²) in [6, 6.07) is 4.87. The van der Waals surface area contributed by atoms with Gasteiger partial charge < -0.3 is 5.32 Å². The maximum Gasteiger partial charge on any atom is 0.106 e. The molecule has 0 bridgehead atoms. The molecule has 1 aliphatic carbocycles. The third kappa shape index (κ3) is 2.29. The molecule has 1 aliphatic rings. The van der Waals surface area contributed by atoms with E-state index in [2.05, 4.69) is 32.3 Å². The molecule has 1 saturated carbocycles. The first kappa shape index (κ1) is 8.20. The van der Waals surface area contributed by atoms with Crippen LogP contribution in [0.4, 0.5) is 0 Å². The van der Waals surface area contributed by atoms with Gasteiger partial charge in [0.2, 0.25) is 0 Å². The van der Waals surface area contributed by atoms with Crippen LogP contribution in [0.2, 0.25) is 0 Å². The zero-order valence-electron chi connectivity index (χ0n) is 6.76. The third-order valence-corrected chi connectivity index (χ3v) is 2.40. The van der Waals surface area contributed by atoms with Crippen molar-refractivity contribution in [2.75, 3.05) is 0 Å². The summed E-state index contributed by atoms with van der Waals surface area (Å²) in [4.78, 5) is 4.07. The molecule has 0 aliphatic heterocycles. The third-order valence-electron chi connectivity index (χ3n) is 1.96. The fourth-order valence-electron chi connectivity index (χ4n) is 1.10. The summed E-state index contributed by atoms with van der Waals surface area (Å²) in [5, 5.41) is 3.45. The minimum atomic E-state index is 0.775. The van der Waals surface area contributed by atoms with Crippen molar-refractivity contribution in [2.24, 2.45) is 0 Å². The quantitative estimate of drug-likeness (QED) is 0.800. The highest BCUT2D eigenvalue weighted by atomic mass is 79.9. The summed E-state index contributed by atoms with van der Waals surface area (Å²) in [6.45, 7) is 0.964. The number of aromatic nitrogens is 1. The molecule has 12 heavy (non-hydrogen) atoms. The predicted molar refractivity (Wildman–Crippen MR) is 51.8 cm³/mol. The molecule has 1 aromatic rings. The van der Waals surface area contributed by atoms with Gasteiger partial charge >= 0.3 is 0 Å². The van der Waals surface area contributed by atoms with Gasteiger partial charge in [0.15, 0.2) is 0 Å². The highest BCUT2D eigenvalue weighted by molar-refractivity contribution is 9.10. The van der Waals surface area contributed by atoms with Crippen molar-refractivity contribution < 1.29 is 0 Å². The molecule has 0 unspecified atom stereocenters. The standard InChI is InChI=1S/C9H11BrN2/c10-9-5-7(3-4-11-9)6-12-8-1-2-8/h3-5,8,12H,1-2,6H2. The molecule has 0 saturated heterocycles. The first-order valence-corrected chi connectivity index (χ1v) is 4.98. The molecular formula is C9H11BrN2. The Morgan fingerprint density at radius 3 is 3.08 bits per heavy atom. The first-order chi connectivity index (χ1) is 5.84. The Morgan fingerprint density at radius 1 is 1.58 bits per heavy atom. The Balaban J connectivity index is 1.92. The van der Waals surface area contributed by atoms with E-state index in [1.54, 1.807) is 0 Å². The molecular weight excluding hydrogens is 216 g/mol. The average molecular weight is 227 g/mol. The molecule has 0 atom stereocenters. The molecule has 0 radical (unpaired) electrons. The van der Waals surface area contributed by atoms with E-state index in [4.69, 9.17) is 0 Å². The fourth-order valence-corrected chi connectivity index (χ4v) is 1.51. The van der Waals surface area contributed by atoms with Crippen LogP contribution in [-0.2, 0) is 6.54 Å². The lowest BCUT2D eigenvalue weighted by molar-refractivity contribution is 0.687. The molecule has 1 fully saturated rings. The van der Waals surface area contributed by atoms with Gasteiger partial charge in [-0.3, -0.25) is 0 Å². The number of nitrogens with one attached hydrogen (secondary N) is 1. The number of hydrogen-bond acceptors (Lipinski definition) is 2. The van der Waals surface area contributed by atoms with E-state index in [1.165, 1.54) is 18.4 Å². The lowest BCUT2D eigenvalue weighted by atomic mass is 10.3.